The summed E-state index contributed by atoms with van der Waals surface area (Å²) >= 11 is 0. The lowest BCUT2D eigenvalue weighted by molar-refractivity contribution is 0.0927. The summed E-state index contributed by atoms with van der Waals surface area (Å²) < 4.78 is 10.7. The molecule has 0 aromatic heterocycles. The van der Waals surface area contributed by atoms with Gasteiger partial charge < -0.3 is 19.7 Å². The number of rotatable bonds is 9. The third-order valence-electron chi connectivity index (χ3n) is 4.54. The summed E-state index contributed by atoms with van der Waals surface area (Å²) in [6, 6.07) is 28.6. The Bertz CT molecular complexity index is 934. The van der Waals surface area contributed by atoms with Crippen molar-refractivity contribution in [3.63, 3.8) is 0 Å². The van der Waals surface area contributed by atoms with Gasteiger partial charge >= 0.3 is 12.2 Å². The third kappa shape index (κ3) is 7.85. The molecule has 0 aliphatic rings. The molecule has 0 heterocycles. The van der Waals surface area contributed by atoms with Gasteiger partial charge in [0.2, 0.25) is 0 Å². The average molecular weight is 418 g/mol. The summed E-state index contributed by atoms with van der Waals surface area (Å²) in [5.74, 6) is 0. The van der Waals surface area contributed by atoms with Crippen LogP contribution in [0.5, 0.6) is 0 Å². The molecule has 1 N–H and O–H groups in total. The SMILES string of the molecule is O=C(NCCN(Cc1ccccc1)C(=O)OCc1ccccc1)OCc1ccccc1. The first-order valence-electron chi connectivity index (χ1n) is 10.1. The molecular formula is C25H26N2O4. The molecule has 0 saturated carbocycles. The number of ether oxygens (including phenoxy) is 2. The van der Waals surface area contributed by atoms with Gasteiger partial charge in [0.25, 0.3) is 0 Å². The lowest BCUT2D eigenvalue weighted by Gasteiger charge is -2.22. The van der Waals surface area contributed by atoms with E-state index in [1.54, 1.807) is 4.90 Å². The van der Waals surface area contributed by atoms with Crippen LogP contribution in [-0.4, -0.2) is 30.2 Å². The number of nitrogens with one attached hydrogen (secondary N) is 1. The highest BCUT2D eigenvalue weighted by atomic mass is 16.6. The van der Waals surface area contributed by atoms with Crippen LogP contribution in [0.4, 0.5) is 9.59 Å². The van der Waals surface area contributed by atoms with E-state index in [2.05, 4.69) is 5.32 Å². The van der Waals surface area contributed by atoms with Crippen LogP contribution in [0.25, 0.3) is 0 Å². The van der Waals surface area contributed by atoms with Crippen molar-refractivity contribution in [3.05, 3.63) is 108 Å². The number of carbonyl (C=O) groups is 2. The van der Waals surface area contributed by atoms with E-state index in [9.17, 15) is 9.59 Å². The van der Waals surface area contributed by atoms with Crippen molar-refractivity contribution in [3.8, 4) is 0 Å². The Morgan fingerprint density at radius 2 is 1.16 bits per heavy atom. The van der Waals surface area contributed by atoms with Crippen molar-refractivity contribution in [2.75, 3.05) is 13.1 Å². The van der Waals surface area contributed by atoms with Crippen LogP contribution in [0.3, 0.4) is 0 Å². The topological polar surface area (TPSA) is 67.9 Å². The van der Waals surface area contributed by atoms with E-state index in [0.717, 1.165) is 16.7 Å². The van der Waals surface area contributed by atoms with Crippen LogP contribution in [0.2, 0.25) is 0 Å². The Morgan fingerprint density at radius 3 is 1.71 bits per heavy atom. The van der Waals surface area contributed by atoms with E-state index in [1.165, 1.54) is 0 Å². The van der Waals surface area contributed by atoms with E-state index < -0.39 is 12.2 Å². The number of amides is 2. The van der Waals surface area contributed by atoms with Crippen molar-refractivity contribution >= 4 is 12.2 Å². The van der Waals surface area contributed by atoms with E-state index in [0.29, 0.717) is 13.1 Å². The quantitative estimate of drug-likeness (QED) is 0.544. The van der Waals surface area contributed by atoms with Gasteiger partial charge in [0.1, 0.15) is 13.2 Å². The third-order valence-corrected chi connectivity index (χ3v) is 4.54. The lowest BCUT2D eigenvalue weighted by Crippen LogP contribution is -2.38. The van der Waals surface area contributed by atoms with Crippen LogP contribution in [0.1, 0.15) is 16.7 Å². The predicted octanol–water partition coefficient (Wildman–Crippen LogP) is 4.75. The Hall–Kier alpha value is -3.80. The molecule has 0 aliphatic heterocycles. The average Bonchev–Trinajstić information content (AvgIpc) is 2.82. The molecule has 3 aromatic rings. The highest BCUT2D eigenvalue weighted by Crippen LogP contribution is 2.08. The van der Waals surface area contributed by atoms with Gasteiger partial charge in [-0.3, -0.25) is 0 Å². The number of carbonyl (C=O) groups excluding carboxylic acids is 2. The monoisotopic (exact) mass is 418 g/mol. The summed E-state index contributed by atoms with van der Waals surface area (Å²) in [6.45, 7) is 1.32. The first-order valence-corrected chi connectivity index (χ1v) is 10.1. The van der Waals surface area contributed by atoms with Gasteiger partial charge in [-0.15, -0.1) is 0 Å². The van der Waals surface area contributed by atoms with E-state index in [1.807, 2.05) is 91.0 Å². The molecule has 3 aromatic carbocycles. The predicted molar refractivity (Wildman–Crippen MR) is 118 cm³/mol. The molecule has 2 amide bonds. The largest absolute Gasteiger partial charge is 0.445 e. The van der Waals surface area contributed by atoms with Crippen LogP contribution >= 0.6 is 0 Å². The zero-order valence-corrected chi connectivity index (χ0v) is 17.3. The zero-order chi connectivity index (χ0) is 21.7. The van der Waals surface area contributed by atoms with Crippen LogP contribution in [0, 0.1) is 0 Å². The molecule has 31 heavy (non-hydrogen) atoms. The molecule has 0 spiro atoms. The first-order chi connectivity index (χ1) is 15.2. The second kappa shape index (κ2) is 12.0. The molecular weight excluding hydrogens is 392 g/mol. The molecule has 0 bridgehead atoms. The summed E-state index contributed by atoms with van der Waals surface area (Å²) in [7, 11) is 0. The molecule has 0 radical (unpaired) electrons. The maximum absolute atomic E-state index is 12.7. The normalized spacial score (nSPS) is 10.2. The van der Waals surface area contributed by atoms with Gasteiger partial charge in [-0.1, -0.05) is 91.0 Å². The summed E-state index contributed by atoms with van der Waals surface area (Å²) in [5.41, 5.74) is 2.80. The molecule has 3 rings (SSSR count). The number of hydrogen-bond acceptors (Lipinski definition) is 4. The van der Waals surface area contributed by atoms with Gasteiger partial charge in [0.15, 0.2) is 0 Å². The van der Waals surface area contributed by atoms with Crippen LogP contribution < -0.4 is 5.32 Å². The molecule has 0 fully saturated rings. The minimum absolute atomic E-state index is 0.192. The minimum atomic E-state index is -0.527. The van der Waals surface area contributed by atoms with Gasteiger partial charge in [-0.2, -0.15) is 0 Å². The Labute approximate surface area is 182 Å². The van der Waals surface area contributed by atoms with Crippen molar-refractivity contribution in [2.24, 2.45) is 0 Å². The van der Waals surface area contributed by atoms with E-state index in [4.69, 9.17) is 9.47 Å². The second-order valence-electron chi connectivity index (χ2n) is 6.94. The zero-order valence-electron chi connectivity index (χ0n) is 17.3. The Balaban J connectivity index is 1.49. The lowest BCUT2D eigenvalue weighted by atomic mass is 10.2. The van der Waals surface area contributed by atoms with Crippen LogP contribution in [-0.2, 0) is 29.2 Å². The van der Waals surface area contributed by atoms with Crippen molar-refractivity contribution in [2.45, 2.75) is 19.8 Å². The van der Waals surface area contributed by atoms with Gasteiger partial charge in [-0.25, -0.2) is 9.59 Å². The highest BCUT2D eigenvalue weighted by Gasteiger charge is 2.16. The summed E-state index contributed by atoms with van der Waals surface area (Å²) in [5, 5.41) is 2.69. The molecule has 0 atom stereocenters. The fourth-order valence-electron chi connectivity index (χ4n) is 2.92. The number of alkyl carbamates (subject to hydrolysis) is 1. The maximum Gasteiger partial charge on any atom is 0.410 e. The smallest absolute Gasteiger partial charge is 0.410 e. The molecule has 0 aliphatic carbocycles. The number of hydrogen-bond donors (Lipinski definition) is 1. The molecule has 6 nitrogen and oxygen atoms in total. The molecule has 6 heteroatoms. The Morgan fingerprint density at radius 1 is 0.677 bits per heavy atom. The molecule has 160 valence electrons. The van der Waals surface area contributed by atoms with E-state index in [-0.39, 0.29) is 19.8 Å². The highest BCUT2D eigenvalue weighted by molar-refractivity contribution is 5.69. The second-order valence-corrected chi connectivity index (χ2v) is 6.94. The maximum atomic E-state index is 12.7. The molecule has 0 unspecified atom stereocenters. The standard InChI is InChI=1S/C25H26N2O4/c28-24(30-19-22-12-6-2-7-13-22)26-16-17-27(18-21-10-4-1-5-11-21)25(29)31-20-23-14-8-3-9-15-23/h1-15H,16-20H2,(H,26,28). The van der Waals surface area contributed by atoms with Gasteiger partial charge in [0, 0.05) is 19.6 Å². The van der Waals surface area contributed by atoms with Crippen LogP contribution in [0.15, 0.2) is 91.0 Å². The van der Waals surface area contributed by atoms with Crippen molar-refractivity contribution in [1.29, 1.82) is 0 Å². The first kappa shape index (κ1) is 21.9. The number of nitrogens with zero attached hydrogens (tertiary/aromatic N) is 1. The Kier molecular flexibility index (Phi) is 8.49. The number of benzene rings is 3. The van der Waals surface area contributed by atoms with E-state index >= 15 is 0 Å². The fourth-order valence-corrected chi connectivity index (χ4v) is 2.92. The van der Waals surface area contributed by atoms with Crippen molar-refractivity contribution in [1.82, 2.24) is 10.2 Å². The minimum Gasteiger partial charge on any atom is -0.445 e. The van der Waals surface area contributed by atoms with Gasteiger partial charge in [-0.05, 0) is 16.7 Å². The molecule has 0 saturated heterocycles. The van der Waals surface area contributed by atoms with Gasteiger partial charge in [0.05, 0.1) is 0 Å². The summed E-state index contributed by atoms with van der Waals surface area (Å²) in [4.78, 5) is 26.2. The van der Waals surface area contributed by atoms with Crippen molar-refractivity contribution < 1.29 is 19.1 Å². The fraction of sp³-hybridized carbons (Fsp3) is 0.200. The summed E-state index contributed by atoms with van der Waals surface area (Å²) in [6.07, 6.45) is -0.965.